The molecule has 8 atom stereocenters. The Morgan fingerprint density at radius 2 is 2.03 bits per heavy atom. The Kier molecular flexibility index (Phi) is 7.45. The van der Waals surface area contributed by atoms with Crippen molar-refractivity contribution in [1.82, 2.24) is 10.2 Å². The summed E-state index contributed by atoms with van der Waals surface area (Å²) in [4.78, 5) is 39.1. The van der Waals surface area contributed by atoms with E-state index in [2.05, 4.69) is 37.5 Å². The molecular formula is C26H37N3O5S2. The summed E-state index contributed by atoms with van der Waals surface area (Å²) in [6.07, 6.45) is 3.41. The maximum absolute atomic E-state index is 13.4. The number of carbonyl (C=O) groups excluding carboxylic acids is 3. The first-order valence-corrected chi connectivity index (χ1v) is 14.4. The number of anilines is 1. The van der Waals surface area contributed by atoms with Gasteiger partial charge in [-0.3, -0.25) is 14.4 Å². The summed E-state index contributed by atoms with van der Waals surface area (Å²) in [6.45, 7) is 12.3. The van der Waals surface area contributed by atoms with Gasteiger partial charge >= 0.3 is 5.97 Å². The van der Waals surface area contributed by atoms with Crippen LogP contribution >= 0.6 is 23.1 Å². The Balaban J connectivity index is 1.60. The van der Waals surface area contributed by atoms with Crippen molar-refractivity contribution in [3.8, 4) is 0 Å². The van der Waals surface area contributed by atoms with Gasteiger partial charge in [0.15, 0.2) is 10.1 Å². The molecule has 36 heavy (non-hydrogen) atoms. The summed E-state index contributed by atoms with van der Waals surface area (Å²) in [5.74, 6) is -0.860. The number of ether oxygens (including phenoxy) is 1. The fourth-order valence-electron chi connectivity index (χ4n) is 7.33. The first-order chi connectivity index (χ1) is 16.9. The van der Waals surface area contributed by atoms with Gasteiger partial charge in [0, 0.05) is 23.2 Å². The van der Waals surface area contributed by atoms with Gasteiger partial charge < -0.3 is 15.6 Å². The first kappa shape index (κ1) is 27.3. The number of nitrogens with zero attached hydrogens (tertiary/aromatic N) is 2. The second-order valence-electron chi connectivity index (χ2n) is 11.5. The van der Waals surface area contributed by atoms with Crippen LogP contribution in [0.15, 0.2) is 17.0 Å². The number of rotatable bonds is 7. The average molecular weight is 536 g/mol. The molecule has 1 aromatic rings. The van der Waals surface area contributed by atoms with Crippen LogP contribution in [0, 0.1) is 34.0 Å². The van der Waals surface area contributed by atoms with Crippen molar-refractivity contribution in [2.75, 3.05) is 11.5 Å². The van der Waals surface area contributed by atoms with Crippen molar-refractivity contribution < 1.29 is 24.2 Å². The topological polar surface area (TPSA) is 132 Å². The average Bonchev–Trinajstić information content (AvgIpc) is 3.41. The number of hydrogen-bond donors (Lipinski definition) is 2. The van der Waals surface area contributed by atoms with Gasteiger partial charge in [-0.1, -0.05) is 56.9 Å². The Morgan fingerprint density at radius 3 is 2.67 bits per heavy atom. The quantitative estimate of drug-likeness (QED) is 0.229. The number of esters is 1. The zero-order chi connectivity index (χ0) is 26.5. The van der Waals surface area contributed by atoms with Crippen LogP contribution in [0.2, 0.25) is 0 Å². The summed E-state index contributed by atoms with van der Waals surface area (Å²) < 4.78 is 6.69. The van der Waals surface area contributed by atoms with E-state index in [0.29, 0.717) is 22.3 Å². The number of nitrogens with two attached hydrogens (primary N) is 1. The molecule has 3 N–H and O–H groups in total. The van der Waals surface area contributed by atoms with Crippen LogP contribution in [-0.4, -0.2) is 50.8 Å². The standard InChI is InChI=1S/C26H37N3O5S2/c1-6-24(4)12-18(34-19(32)11-16(30)13-35-23-29-28-22(27)36-23)25(5)14(2)7-9-26(15(3)21(24)33)10-8-17(31)20(25)26/h6,14-15,18,20-21,33H,1,7-13H2,2-5H3,(H2,27,28)/t14?,15-,18+,20?,21-,24-,25-,26-/m0/s1. The normalized spacial score (nSPS) is 40.1. The predicted molar refractivity (Wildman–Crippen MR) is 139 cm³/mol. The lowest BCUT2D eigenvalue weighted by Crippen LogP contribution is -2.63. The van der Waals surface area contributed by atoms with Gasteiger partial charge in [0.25, 0.3) is 0 Å². The van der Waals surface area contributed by atoms with Gasteiger partial charge in [-0.05, 0) is 42.9 Å². The molecule has 3 saturated carbocycles. The molecular weight excluding hydrogens is 498 g/mol. The van der Waals surface area contributed by atoms with E-state index in [1.807, 2.05) is 6.92 Å². The summed E-state index contributed by atoms with van der Waals surface area (Å²) in [5.41, 5.74) is 3.95. The van der Waals surface area contributed by atoms with Crippen molar-refractivity contribution in [3.63, 3.8) is 0 Å². The molecule has 2 unspecified atom stereocenters. The monoisotopic (exact) mass is 535 g/mol. The van der Waals surface area contributed by atoms with Crippen molar-refractivity contribution in [2.45, 2.75) is 82.8 Å². The molecule has 3 aliphatic carbocycles. The summed E-state index contributed by atoms with van der Waals surface area (Å²) in [5, 5.41) is 19.5. The number of nitrogen functional groups attached to an aromatic ring is 1. The number of aromatic nitrogens is 2. The molecule has 1 aromatic heterocycles. The van der Waals surface area contributed by atoms with Crippen molar-refractivity contribution in [1.29, 1.82) is 0 Å². The van der Waals surface area contributed by atoms with Gasteiger partial charge in [-0.25, -0.2) is 0 Å². The van der Waals surface area contributed by atoms with Crippen LogP contribution in [0.1, 0.15) is 66.2 Å². The van der Waals surface area contributed by atoms with Crippen LogP contribution in [0.5, 0.6) is 0 Å². The molecule has 3 fully saturated rings. The lowest BCUT2D eigenvalue weighted by Gasteiger charge is -2.61. The molecule has 4 rings (SSSR count). The predicted octanol–water partition coefficient (Wildman–Crippen LogP) is 4.08. The third kappa shape index (κ3) is 4.43. The Morgan fingerprint density at radius 1 is 1.31 bits per heavy atom. The van der Waals surface area contributed by atoms with Crippen molar-refractivity contribution >= 4 is 45.8 Å². The molecule has 2 bridgehead atoms. The number of carbonyl (C=O) groups is 3. The molecule has 0 aliphatic heterocycles. The number of aliphatic hydroxyl groups excluding tert-OH is 1. The molecule has 0 saturated heterocycles. The molecule has 8 nitrogen and oxygen atoms in total. The maximum Gasteiger partial charge on any atom is 0.313 e. The number of Topliss-reactive ketones (excluding diaryl/α,β-unsaturated/α-hetero) is 2. The highest BCUT2D eigenvalue weighted by Gasteiger charge is 2.68. The molecule has 0 amide bonds. The van der Waals surface area contributed by atoms with E-state index < -0.39 is 29.0 Å². The minimum Gasteiger partial charge on any atom is -0.461 e. The second-order valence-corrected chi connectivity index (χ2v) is 13.7. The number of aliphatic hydroxyl groups is 1. The minimum atomic E-state index is -0.722. The summed E-state index contributed by atoms with van der Waals surface area (Å²) >= 11 is 2.38. The van der Waals surface area contributed by atoms with Crippen molar-refractivity contribution in [3.05, 3.63) is 12.7 Å². The Labute approximate surface area is 220 Å². The third-order valence-electron chi connectivity index (χ3n) is 9.70. The van der Waals surface area contributed by atoms with Crippen LogP contribution in [0.3, 0.4) is 0 Å². The highest BCUT2D eigenvalue weighted by atomic mass is 32.2. The van der Waals surface area contributed by atoms with Gasteiger partial charge in [0.2, 0.25) is 5.13 Å². The zero-order valence-electron chi connectivity index (χ0n) is 21.5. The Hall–Kier alpha value is -1.78. The summed E-state index contributed by atoms with van der Waals surface area (Å²) in [7, 11) is 0. The molecule has 1 heterocycles. The first-order valence-electron chi connectivity index (χ1n) is 12.6. The van der Waals surface area contributed by atoms with Gasteiger partial charge in [-0.2, -0.15) is 0 Å². The van der Waals surface area contributed by atoms with Gasteiger partial charge in [-0.15, -0.1) is 16.8 Å². The van der Waals surface area contributed by atoms with Crippen LogP contribution in [0.25, 0.3) is 0 Å². The van der Waals surface area contributed by atoms with E-state index in [4.69, 9.17) is 10.5 Å². The second kappa shape index (κ2) is 9.83. The van der Waals surface area contributed by atoms with Gasteiger partial charge in [0.1, 0.15) is 18.3 Å². The van der Waals surface area contributed by atoms with Crippen LogP contribution in [0.4, 0.5) is 5.13 Å². The van der Waals surface area contributed by atoms with Crippen molar-refractivity contribution in [2.24, 2.45) is 34.0 Å². The molecule has 3 aliphatic rings. The van der Waals surface area contributed by atoms with E-state index in [1.165, 1.54) is 23.1 Å². The lowest BCUT2D eigenvalue weighted by molar-refractivity contribution is -0.206. The minimum absolute atomic E-state index is 0.0624. The van der Waals surface area contributed by atoms with E-state index in [9.17, 15) is 19.5 Å². The van der Waals surface area contributed by atoms with E-state index >= 15 is 0 Å². The molecule has 0 aromatic carbocycles. The third-order valence-corrected chi connectivity index (χ3v) is 11.6. The number of thioether (sulfide) groups is 1. The molecule has 0 radical (unpaired) electrons. The highest BCUT2D eigenvalue weighted by molar-refractivity contribution is 8.01. The summed E-state index contributed by atoms with van der Waals surface area (Å²) in [6, 6.07) is 0. The molecule has 198 valence electrons. The van der Waals surface area contributed by atoms with E-state index in [1.54, 1.807) is 6.08 Å². The van der Waals surface area contributed by atoms with E-state index in [-0.39, 0.29) is 46.9 Å². The van der Waals surface area contributed by atoms with Gasteiger partial charge in [0.05, 0.1) is 11.9 Å². The fourth-order valence-corrected chi connectivity index (χ4v) is 8.83. The van der Waals surface area contributed by atoms with E-state index in [0.717, 1.165) is 19.3 Å². The lowest BCUT2D eigenvalue weighted by atomic mass is 9.44. The molecule has 0 spiro atoms. The number of ketones is 2. The van der Waals surface area contributed by atoms with Crippen LogP contribution in [-0.2, 0) is 19.1 Å². The highest BCUT2D eigenvalue weighted by Crippen LogP contribution is 2.68. The molecule has 10 heteroatoms. The SMILES string of the molecule is C=C[C@@]1(C)C[C@@H](OC(=O)CC(=O)CSc2nnc(N)s2)[C@]2(C)C(C)CC[C@]3(CCC(=O)C32)[C@@H](C)[C@@H]1O. The Bertz CT molecular complexity index is 1060. The maximum atomic E-state index is 13.4. The number of hydrogen-bond acceptors (Lipinski definition) is 10. The smallest absolute Gasteiger partial charge is 0.313 e. The fraction of sp³-hybridized carbons (Fsp3) is 0.731. The largest absolute Gasteiger partial charge is 0.461 e. The van der Waals surface area contributed by atoms with Crippen LogP contribution < -0.4 is 5.73 Å². The zero-order valence-corrected chi connectivity index (χ0v) is 23.1.